The van der Waals surface area contributed by atoms with Gasteiger partial charge in [-0.3, -0.25) is 0 Å². The minimum atomic E-state index is -0.368. The zero-order valence-corrected chi connectivity index (χ0v) is 13.3. The number of aliphatic hydroxyl groups is 1. The van der Waals surface area contributed by atoms with Gasteiger partial charge >= 0.3 is 0 Å². The van der Waals surface area contributed by atoms with Gasteiger partial charge in [0.05, 0.1) is 16.8 Å². The lowest BCUT2D eigenvalue weighted by Gasteiger charge is -2.42. The highest BCUT2D eigenvalue weighted by atomic mass is 32.1. The molecule has 0 bridgehead atoms. The number of likely N-dealkylation sites (N-methyl/N-ethyl adjacent to an activating group) is 1. The van der Waals surface area contributed by atoms with Crippen LogP contribution in [0, 0.1) is 13.8 Å². The van der Waals surface area contributed by atoms with Crippen LogP contribution in [0.15, 0.2) is 0 Å². The zero-order chi connectivity index (χ0) is 13.9. The largest absolute Gasteiger partial charge is 0.391 e. The molecule has 1 aromatic rings. The van der Waals surface area contributed by atoms with Crippen molar-refractivity contribution in [2.45, 2.75) is 58.6 Å². The van der Waals surface area contributed by atoms with Gasteiger partial charge in [-0.1, -0.05) is 13.8 Å². The number of aromatic nitrogens is 1. The van der Waals surface area contributed by atoms with E-state index in [1.54, 1.807) is 11.3 Å². The monoisotopic (exact) mass is 270 g/mol. The third-order valence-corrected chi connectivity index (χ3v) is 5.27. The van der Waals surface area contributed by atoms with E-state index in [1.165, 1.54) is 4.88 Å². The fourth-order valence-corrected chi connectivity index (χ4v) is 3.60. The maximum atomic E-state index is 10.6. The van der Waals surface area contributed by atoms with E-state index in [0.29, 0.717) is 6.42 Å². The Labute approximate surface area is 115 Å². The third kappa shape index (κ3) is 2.92. The highest BCUT2D eigenvalue weighted by molar-refractivity contribution is 7.11. The van der Waals surface area contributed by atoms with E-state index in [4.69, 9.17) is 0 Å². The van der Waals surface area contributed by atoms with E-state index in [2.05, 4.69) is 44.8 Å². The third-order valence-electron chi connectivity index (χ3n) is 4.18. The van der Waals surface area contributed by atoms with Crippen LogP contribution in [0.3, 0.4) is 0 Å². The summed E-state index contributed by atoms with van der Waals surface area (Å²) in [6, 6.07) is 0. The molecule has 1 atom stereocenters. The van der Waals surface area contributed by atoms with Crippen molar-refractivity contribution < 1.29 is 5.11 Å². The maximum absolute atomic E-state index is 10.6. The molecule has 1 unspecified atom stereocenters. The first-order valence-corrected chi connectivity index (χ1v) is 7.47. The molecule has 0 radical (unpaired) electrons. The second-order valence-corrected chi connectivity index (χ2v) is 6.46. The van der Waals surface area contributed by atoms with E-state index >= 15 is 0 Å². The van der Waals surface area contributed by atoms with Crippen LogP contribution < -0.4 is 0 Å². The second kappa shape index (κ2) is 6.13. The van der Waals surface area contributed by atoms with Crippen LogP contribution >= 0.6 is 11.3 Å². The van der Waals surface area contributed by atoms with Gasteiger partial charge in [-0.05, 0) is 40.8 Å². The molecule has 1 aromatic heterocycles. The smallest absolute Gasteiger partial charge is 0.0957 e. The summed E-state index contributed by atoms with van der Waals surface area (Å²) in [6.07, 6.45) is 2.17. The van der Waals surface area contributed by atoms with Crippen molar-refractivity contribution in [1.29, 1.82) is 0 Å². The molecule has 0 saturated carbocycles. The number of thiazole rings is 1. The lowest BCUT2D eigenvalue weighted by molar-refractivity contribution is -0.0126. The fourth-order valence-electron chi connectivity index (χ4n) is 2.63. The molecular formula is C14H26N2OS. The van der Waals surface area contributed by atoms with Crippen molar-refractivity contribution in [3.63, 3.8) is 0 Å². The minimum absolute atomic E-state index is 0.145. The predicted octanol–water partition coefficient (Wildman–Crippen LogP) is 2.78. The number of aliphatic hydroxyl groups excluding tert-OH is 1. The van der Waals surface area contributed by atoms with Crippen LogP contribution in [0.25, 0.3) is 0 Å². The Bertz CT molecular complexity index is 364. The van der Waals surface area contributed by atoms with Gasteiger partial charge in [0.1, 0.15) is 0 Å². The van der Waals surface area contributed by atoms with Gasteiger partial charge in [0, 0.05) is 16.8 Å². The standard InChI is InChI=1S/C14H26N2OS/c1-7-14(8-2,16(5)6)12(17)9-13-15-10(3)11(4)18-13/h12,17H,7-9H2,1-6H3. The van der Waals surface area contributed by atoms with Crippen molar-refractivity contribution in [3.8, 4) is 0 Å². The van der Waals surface area contributed by atoms with Crippen molar-refractivity contribution in [1.82, 2.24) is 9.88 Å². The highest BCUT2D eigenvalue weighted by Crippen LogP contribution is 2.29. The van der Waals surface area contributed by atoms with Gasteiger partial charge in [-0.25, -0.2) is 4.98 Å². The molecular weight excluding hydrogens is 244 g/mol. The molecule has 3 nitrogen and oxygen atoms in total. The molecule has 0 aliphatic heterocycles. The lowest BCUT2D eigenvalue weighted by atomic mass is 9.83. The van der Waals surface area contributed by atoms with Crippen LogP contribution in [-0.2, 0) is 6.42 Å². The average molecular weight is 270 g/mol. The highest BCUT2D eigenvalue weighted by Gasteiger charge is 2.37. The molecule has 1 rings (SSSR count). The quantitative estimate of drug-likeness (QED) is 0.863. The lowest BCUT2D eigenvalue weighted by Crippen LogP contribution is -2.53. The first-order valence-electron chi connectivity index (χ1n) is 6.65. The number of rotatable bonds is 6. The van der Waals surface area contributed by atoms with Crippen molar-refractivity contribution in [2.75, 3.05) is 14.1 Å². The Morgan fingerprint density at radius 3 is 2.17 bits per heavy atom. The van der Waals surface area contributed by atoms with Gasteiger partial charge in [0.25, 0.3) is 0 Å². The molecule has 0 saturated heterocycles. The van der Waals surface area contributed by atoms with Gasteiger partial charge < -0.3 is 10.0 Å². The average Bonchev–Trinajstić information content (AvgIpc) is 2.59. The first-order chi connectivity index (χ1) is 8.37. The number of hydrogen-bond acceptors (Lipinski definition) is 4. The summed E-state index contributed by atoms with van der Waals surface area (Å²) in [7, 11) is 4.10. The molecule has 0 aliphatic carbocycles. The minimum Gasteiger partial charge on any atom is -0.391 e. The fraction of sp³-hybridized carbons (Fsp3) is 0.786. The molecule has 0 fully saturated rings. The van der Waals surface area contributed by atoms with E-state index in [1.807, 2.05) is 6.92 Å². The summed E-state index contributed by atoms with van der Waals surface area (Å²) in [6.45, 7) is 8.40. The zero-order valence-electron chi connectivity index (χ0n) is 12.4. The SMILES string of the molecule is CCC(CC)(C(O)Cc1nc(C)c(C)s1)N(C)C. The summed E-state index contributed by atoms with van der Waals surface area (Å²) < 4.78 is 0. The van der Waals surface area contributed by atoms with Crippen LogP contribution in [0.2, 0.25) is 0 Å². The van der Waals surface area contributed by atoms with Crippen LogP contribution in [0.5, 0.6) is 0 Å². The van der Waals surface area contributed by atoms with Crippen LogP contribution in [0.4, 0.5) is 0 Å². The van der Waals surface area contributed by atoms with Crippen LogP contribution in [0.1, 0.15) is 42.3 Å². The normalized spacial score (nSPS) is 14.2. The molecule has 0 aromatic carbocycles. The Morgan fingerprint density at radius 2 is 1.83 bits per heavy atom. The van der Waals surface area contributed by atoms with Gasteiger partial charge in [-0.2, -0.15) is 0 Å². The predicted molar refractivity (Wildman–Crippen MR) is 78.3 cm³/mol. The number of hydrogen-bond donors (Lipinski definition) is 1. The first kappa shape index (κ1) is 15.6. The van der Waals surface area contributed by atoms with Crippen molar-refractivity contribution >= 4 is 11.3 Å². The molecule has 1 heterocycles. The molecule has 1 N–H and O–H groups in total. The maximum Gasteiger partial charge on any atom is 0.0957 e. The summed E-state index contributed by atoms with van der Waals surface area (Å²) in [5, 5.41) is 11.7. The van der Waals surface area contributed by atoms with E-state index in [0.717, 1.165) is 23.5 Å². The summed E-state index contributed by atoms with van der Waals surface area (Å²) >= 11 is 1.70. The van der Waals surface area contributed by atoms with Gasteiger partial charge in [-0.15, -0.1) is 11.3 Å². The Morgan fingerprint density at radius 1 is 1.28 bits per heavy atom. The van der Waals surface area contributed by atoms with E-state index in [-0.39, 0.29) is 11.6 Å². The van der Waals surface area contributed by atoms with E-state index in [9.17, 15) is 5.11 Å². The van der Waals surface area contributed by atoms with Crippen molar-refractivity contribution in [2.24, 2.45) is 0 Å². The van der Waals surface area contributed by atoms with Gasteiger partial charge in [0.15, 0.2) is 0 Å². The summed E-state index contributed by atoms with van der Waals surface area (Å²) in [4.78, 5) is 7.94. The molecule has 0 aliphatic rings. The number of nitrogens with zero attached hydrogens (tertiary/aromatic N) is 2. The Balaban J connectivity index is 2.88. The summed E-state index contributed by atoms with van der Waals surface area (Å²) in [5.41, 5.74) is 0.943. The Kier molecular flexibility index (Phi) is 5.32. The molecule has 18 heavy (non-hydrogen) atoms. The van der Waals surface area contributed by atoms with E-state index < -0.39 is 0 Å². The Hall–Kier alpha value is -0.450. The molecule has 104 valence electrons. The van der Waals surface area contributed by atoms with Gasteiger partial charge in [0.2, 0.25) is 0 Å². The topological polar surface area (TPSA) is 36.4 Å². The molecule has 0 spiro atoms. The van der Waals surface area contributed by atoms with Crippen LogP contribution in [-0.4, -0.2) is 40.7 Å². The summed E-state index contributed by atoms with van der Waals surface area (Å²) in [5.74, 6) is 0. The molecule has 4 heteroatoms. The van der Waals surface area contributed by atoms with Crippen molar-refractivity contribution in [3.05, 3.63) is 15.6 Å². The molecule has 0 amide bonds. The number of aryl methyl sites for hydroxylation is 2. The second-order valence-electron chi connectivity index (χ2n) is 5.17.